The van der Waals surface area contributed by atoms with Crippen molar-refractivity contribution >= 4 is 22.7 Å². The molecule has 1 unspecified atom stereocenters. The first-order valence-electron chi connectivity index (χ1n) is 5.86. The number of nitrogen functional groups attached to an aromatic ring is 1. The molecule has 2 aromatic rings. The number of rotatable bonds is 4. The molecule has 17 heavy (non-hydrogen) atoms. The monoisotopic (exact) mass is 246 g/mol. The second-order valence-electron chi connectivity index (χ2n) is 4.21. The zero-order chi connectivity index (χ0) is 12.3. The summed E-state index contributed by atoms with van der Waals surface area (Å²) < 4.78 is 0. The lowest BCUT2D eigenvalue weighted by Crippen LogP contribution is -2.09. The maximum atomic E-state index is 5.99. The molecule has 1 aromatic heterocycles. The van der Waals surface area contributed by atoms with Gasteiger partial charge in [0.25, 0.3) is 0 Å². The highest BCUT2D eigenvalue weighted by Crippen LogP contribution is 2.29. The molecule has 0 aliphatic heterocycles. The summed E-state index contributed by atoms with van der Waals surface area (Å²) in [7, 11) is 0. The SMILES string of the molecule is CCC(Nc1cc(C)ccc1N)c1cccs1. The molecule has 0 aliphatic carbocycles. The first kappa shape index (κ1) is 12.0. The summed E-state index contributed by atoms with van der Waals surface area (Å²) in [5.41, 5.74) is 9.05. The van der Waals surface area contributed by atoms with E-state index in [1.54, 1.807) is 11.3 Å². The van der Waals surface area contributed by atoms with E-state index < -0.39 is 0 Å². The summed E-state index contributed by atoms with van der Waals surface area (Å²) in [6.45, 7) is 4.26. The van der Waals surface area contributed by atoms with Gasteiger partial charge in [0.1, 0.15) is 0 Å². The van der Waals surface area contributed by atoms with E-state index in [1.807, 2.05) is 12.1 Å². The third kappa shape index (κ3) is 2.80. The lowest BCUT2D eigenvalue weighted by atomic mass is 10.1. The van der Waals surface area contributed by atoms with Crippen molar-refractivity contribution in [1.29, 1.82) is 0 Å². The zero-order valence-electron chi connectivity index (χ0n) is 10.2. The molecule has 3 N–H and O–H groups in total. The smallest absolute Gasteiger partial charge is 0.0604 e. The highest BCUT2D eigenvalue weighted by molar-refractivity contribution is 7.10. The summed E-state index contributed by atoms with van der Waals surface area (Å²) in [6, 6.07) is 10.7. The van der Waals surface area contributed by atoms with Crippen LogP contribution in [0.25, 0.3) is 0 Å². The van der Waals surface area contributed by atoms with Crippen LogP contribution in [-0.2, 0) is 0 Å². The Morgan fingerprint density at radius 1 is 1.35 bits per heavy atom. The summed E-state index contributed by atoms with van der Waals surface area (Å²) in [5.74, 6) is 0. The molecule has 0 spiro atoms. The minimum Gasteiger partial charge on any atom is -0.397 e. The Hall–Kier alpha value is -1.48. The Balaban J connectivity index is 2.21. The molecule has 0 saturated carbocycles. The Morgan fingerprint density at radius 2 is 2.18 bits per heavy atom. The maximum absolute atomic E-state index is 5.99. The predicted octanol–water partition coefficient (Wildman–Crippen LogP) is 4.20. The highest BCUT2D eigenvalue weighted by Gasteiger charge is 2.11. The van der Waals surface area contributed by atoms with E-state index in [-0.39, 0.29) is 0 Å². The van der Waals surface area contributed by atoms with Gasteiger partial charge < -0.3 is 11.1 Å². The van der Waals surface area contributed by atoms with Gasteiger partial charge in [0.2, 0.25) is 0 Å². The Morgan fingerprint density at radius 3 is 2.82 bits per heavy atom. The molecule has 0 radical (unpaired) electrons. The number of hydrogen-bond acceptors (Lipinski definition) is 3. The lowest BCUT2D eigenvalue weighted by Gasteiger charge is -2.18. The molecule has 2 rings (SSSR count). The van der Waals surface area contributed by atoms with Crippen LogP contribution in [0.15, 0.2) is 35.7 Å². The number of aryl methyl sites for hydroxylation is 1. The standard InChI is InChI=1S/C14H18N2S/c1-3-12(14-5-4-8-17-14)16-13-9-10(2)6-7-11(13)15/h4-9,12,16H,3,15H2,1-2H3. The van der Waals surface area contributed by atoms with E-state index in [0.29, 0.717) is 6.04 Å². The molecule has 0 bridgehead atoms. The van der Waals surface area contributed by atoms with Crippen molar-refractivity contribution in [2.75, 3.05) is 11.1 Å². The number of anilines is 2. The van der Waals surface area contributed by atoms with E-state index in [2.05, 4.69) is 42.7 Å². The van der Waals surface area contributed by atoms with Gasteiger partial charge in [0.05, 0.1) is 17.4 Å². The van der Waals surface area contributed by atoms with Crippen LogP contribution in [-0.4, -0.2) is 0 Å². The largest absolute Gasteiger partial charge is 0.397 e. The third-order valence-corrected chi connectivity index (χ3v) is 3.82. The van der Waals surface area contributed by atoms with E-state index in [1.165, 1.54) is 10.4 Å². The number of benzene rings is 1. The van der Waals surface area contributed by atoms with Crippen LogP contribution >= 0.6 is 11.3 Å². The third-order valence-electron chi connectivity index (χ3n) is 2.83. The Kier molecular flexibility index (Phi) is 3.69. The van der Waals surface area contributed by atoms with Crippen LogP contribution in [0.5, 0.6) is 0 Å². The summed E-state index contributed by atoms with van der Waals surface area (Å²) >= 11 is 1.78. The van der Waals surface area contributed by atoms with Gasteiger partial charge in [-0.25, -0.2) is 0 Å². The molecule has 3 heteroatoms. The predicted molar refractivity (Wildman–Crippen MR) is 76.6 cm³/mol. The molecule has 2 nitrogen and oxygen atoms in total. The van der Waals surface area contributed by atoms with E-state index in [4.69, 9.17) is 5.73 Å². The molecule has 1 aromatic carbocycles. The normalized spacial score (nSPS) is 12.4. The first-order chi connectivity index (χ1) is 8.20. The lowest BCUT2D eigenvalue weighted by molar-refractivity contribution is 0.764. The first-order valence-corrected chi connectivity index (χ1v) is 6.74. The number of thiophene rings is 1. The van der Waals surface area contributed by atoms with Crippen molar-refractivity contribution in [3.63, 3.8) is 0 Å². The minimum atomic E-state index is 0.346. The molecule has 0 amide bonds. The summed E-state index contributed by atoms with van der Waals surface area (Å²) in [6.07, 6.45) is 1.05. The van der Waals surface area contributed by atoms with Crippen molar-refractivity contribution in [1.82, 2.24) is 0 Å². The average molecular weight is 246 g/mol. The Labute approximate surface area is 106 Å². The molecule has 1 heterocycles. The second kappa shape index (κ2) is 5.23. The van der Waals surface area contributed by atoms with E-state index in [9.17, 15) is 0 Å². The van der Waals surface area contributed by atoms with Crippen molar-refractivity contribution in [3.05, 3.63) is 46.2 Å². The van der Waals surface area contributed by atoms with Crippen LogP contribution in [0.3, 0.4) is 0 Å². The van der Waals surface area contributed by atoms with Gasteiger partial charge in [0.15, 0.2) is 0 Å². The average Bonchev–Trinajstić information content (AvgIpc) is 2.84. The fourth-order valence-electron chi connectivity index (χ4n) is 1.85. The highest BCUT2D eigenvalue weighted by atomic mass is 32.1. The van der Waals surface area contributed by atoms with Crippen molar-refractivity contribution < 1.29 is 0 Å². The van der Waals surface area contributed by atoms with Crippen LogP contribution < -0.4 is 11.1 Å². The zero-order valence-corrected chi connectivity index (χ0v) is 11.1. The molecule has 1 atom stereocenters. The fourth-order valence-corrected chi connectivity index (χ4v) is 2.71. The van der Waals surface area contributed by atoms with Crippen LogP contribution in [0.1, 0.15) is 29.8 Å². The molecular weight excluding hydrogens is 228 g/mol. The molecular formula is C14H18N2S. The summed E-state index contributed by atoms with van der Waals surface area (Å²) in [5, 5.41) is 5.64. The maximum Gasteiger partial charge on any atom is 0.0604 e. The van der Waals surface area contributed by atoms with Crippen molar-refractivity contribution in [2.24, 2.45) is 0 Å². The summed E-state index contributed by atoms with van der Waals surface area (Å²) in [4.78, 5) is 1.36. The Bertz CT molecular complexity index is 477. The quantitative estimate of drug-likeness (QED) is 0.793. The molecule has 90 valence electrons. The van der Waals surface area contributed by atoms with E-state index in [0.717, 1.165) is 17.8 Å². The van der Waals surface area contributed by atoms with Gasteiger partial charge in [0, 0.05) is 4.88 Å². The van der Waals surface area contributed by atoms with Crippen molar-refractivity contribution in [3.8, 4) is 0 Å². The molecule has 0 fully saturated rings. The van der Waals surface area contributed by atoms with E-state index >= 15 is 0 Å². The van der Waals surface area contributed by atoms with Gasteiger partial charge in [-0.1, -0.05) is 19.1 Å². The van der Waals surface area contributed by atoms with Crippen LogP contribution in [0.2, 0.25) is 0 Å². The number of nitrogens with one attached hydrogen (secondary N) is 1. The van der Waals surface area contributed by atoms with Crippen LogP contribution in [0, 0.1) is 6.92 Å². The van der Waals surface area contributed by atoms with Crippen LogP contribution in [0.4, 0.5) is 11.4 Å². The van der Waals surface area contributed by atoms with Crippen molar-refractivity contribution in [2.45, 2.75) is 26.3 Å². The molecule has 0 saturated heterocycles. The molecule has 0 aliphatic rings. The van der Waals surface area contributed by atoms with Gasteiger partial charge in [-0.3, -0.25) is 0 Å². The number of nitrogens with two attached hydrogens (primary N) is 1. The minimum absolute atomic E-state index is 0.346. The topological polar surface area (TPSA) is 38.0 Å². The second-order valence-corrected chi connectivity index (χ2v) is 5.19. The van der Waals surface area contributed by atoms with Gasteiger partial charge in [-0.15, -0.1) is 11.3 Å². The van der Waals surface area contributed by atoms with Gasteiger partial charge in [-0.05, 0) is 42.5 Å². The van der Waals surface area contributed by atoms with Gasteiger partial charge in [-0.2, -0.15) is 0 Å². The van der Waals surface area contributed by atoms with Gasteiger partial charge >= 0.3 is 0 Å². The fraction of sp³-hybridized carbons (Fsp3) is 0.286. The number of hydrogen-bond donors (Lipinski definition) is 2.